The molecule has 0 aliphatic carbocycles. The van der Waals surface area contributed by atoms with Gasteiger partial charge in [-0.25, -0.2) is 8.42 Å². The molecule has 2 aromatic carbocycles. The van der Waals surface area contributed by atoms with E-state index in [4.69, 9.17) is 4.74 Å². The van der Waals surface area contributed by atoms with Crippen molar-refractivity contribution < 1.29 is 17.9 Å². The summed E-state index contributed by atoms with van der Waals surface area (Å²) in [5, 5.41) is 0. The Kier molecular flexibility index (Phi) is 6.24. The molecule has 1 N–H and O–H groups in total. The Labute approximate surface area is 179 Å². The van der Waals surface area contributed by atoms with Gasteiger partial charge in [0.2, 0.25) is 0 Å². The van der Waals surface area contributed by atoms with E-state index in [0.29, 0.717) is 37.6 Å². The van der Waals surface area contributed by atoms with Gasteiger partial charge in [-0.2, -0.15) is 0 Å². The molecule has 1 saturated heterocycles. The highest BCUT2D eigenvalue weighted by Crippen LogP contribution is 2.30. The lowest BCUT2D eigenvalue weighted by atomic mass is 9.85. The van der Waals surface area contributed by atoms with E-state index in [1.807, 2.05) is 19.9 Å². The highest BCUT2D eigenvalue weighted by molar-refractivity contribution is 7.92. The van der Waals surface area contributed by atoms with Crippen molar-refractivity contribution in [2.45, 2.75) is 44.9 Å². The maximum Gasteiger partial charge on any atom is 0.262 e. The molecule has 7 heteroatoms. The van der Waals surface area contributed by atoms with Gasteiger partial charge in [-0.05, 0) is 66.3 Å². The number of anilines is 1. The van der Waals surface area contributed by atoms with Crippen molar-refractivity contribution in [3.05, 3.63) is 58.7 Å². The lowest BCUT2D eigenvalue weighted by Crippen LogP contribution is -2.40. The predicted octanol–water partition coefficient (Wildman–Crippen LogP) is 3.87. The third-order valence-electron chi connectivity index (χ3n) is 5.46. The first-order valence-corrected chi connectivity index (χ1v) is 11.6. The summed E-state index contributed by atoms with van der Waals surface area (Å²) in [4.78, 5) is 14.6. The fourth-order valence-corrected chi connectivity index (χ4v) is 4.78. The summed E-state index contributed by atoms with van der Waals surface area (Å²) >= 11 is 0. The van der Waals surface area contributed by atoms with Crippen molar-refractivity contribution >= 4 is 21.6 Å². The van der Waals surface area contributed by atoms with Crippen molar-refractivity contribution in [3.8, 4) is 0 Å². The molecule has 0 atom stereocenters. The van der Waals surface area contributed by atoms with E-state index in [1.165, 1.54) is 0 Å². The van der Waals surface area contributed by atoms with Gasteiger partial charge < -0.3 is 9.64 Å². The normalized spacial score (nSPS) is 15.2. The lowest BCUT2D eigenvalue weighted by Gasteiger charge is -2.26. The Bertz CT molecular complexity index is 1030. The zero-order valence-electron chi connectivity index (χ0n) is 18.3. The Hall–Kier alpha value is -2.38. The molecule has 6 nitrogen and oxygen atoms in total. The van der Waals surface area contributed by atoms with Crippen LogP contribution in [0.1, 0.15) is 47.8 Å². The van der Waals surface area contributed by atoms with Gasteiger partial charge in [-0.1, -0.05) is 26.8 Å². The number of benzene rings is 2. The molecule has 3 rings (SSSR count). The SMILES string of the molecule is Cc1cc(C(C)(C)C)cc(S(=O)(=O)Nc2ccc(C(=O)N3CCOCC3)cc2)c1C. The van der Waals surface area contributed by atoms with Crippen molar-refractivity contribution in [3.63, 3.8) is 0 Å². The van der Waals surface area contributed by atoms with E-state index in [9.17, 15) is 13.2 Å². The fourth-order valence-electron chi connectivity index (χ4n) is 3.38. The molecule has 1 fully saturated rings. The number of sulfonamides is 1. The van der Waals surface area contributed by atoms with Gasteiger partial charge in [-0.3, -0.25) is 9.52 Å². The number of carbonyl (C=O) groups is 1. The van der Waals surface area contributed by atoms with Gasteiger partial charge in [0.05, 0.1) is 18.1 Å². The molecule has 1 heterocycles. The second kappa shape index (κ2) is 8.40. The molecule has 162 valence electrons. The number of hydrogen-bond acceptors (Lipinski definition) is 4. The molecule has 1 aliphatic heterocycles. The zero-order chi connectivity index (χ0) is 22.1. The maximum absolute atomic E-state index is 13.1. The van der Waals surface area contributed by atoms with Crippen molar-refractivity contribution in [2.75, 3.05) is 31.0 Å². The first-order chi connectivity index (χ1) is 14.0. The second-order valence-electron chi connectivity index (χ2n) is 8.75. The highest BCUT2D eigenvalue weighted by Gasteiger charge is 2.24. The average molecular weight is 431 g/mol. The van der Waals surface area contributed by atoms with Crippen LogP contribution in [0, 0.1) is 13.8 Å². The number of nitrogens with one attached hydrogen (secondary N) is 1. The van der Waals surface area contributed by atoms with Gasteiger partial charge >= 0.3 is 0 Å². The summed E-state index contributed by atoms with van der Waals surface area (Å²) in [6.45, 7) is 12.1. The van der Waals surface area contributed by atoms with Gasteiger partial charge in [0.1, 0.15) is 0 Å². The van der Waals surface area contributed by atoms with E-state index in [1.54, 1.807) is 35.2 Å². The van der Waals surface area contributed by atoms with Gasteiger partial charge in [0, 0.05) is 24.3 Å². The van der Waals surface area contributed by atoms with E-state index in [0.717, 1.165) is 16.7 Å². The van der Waals surface area contributed by atoms with Crippen LogP contribution >= 0.6 is 0 Å². The Morgan fingerprint density at radius 3 is 2.20 bits per heavy atom. The number of ether oxygens (including phenoxy) is 1. The van der Waals surface area contributed by atoms with E-state index < -0.39 is 10.0 Å². The van der Waals surface area contributed by atoms with Gasteiger partial charge in [0.25, 0.3) is 15.9 Å². The third-order valence-corrected chi connectivity index (χ3v) is 6.97. The predicted molar refractivity (Wildman–Crippen MR) is 119 cm³/mol. The minimum absolute atomic E-state index is 0.0722. The van der Waals surface area contributed by atoms with Crippen molar-refractivity contribution in [1.82, 2.24) is 4.90 Å². The molecule has 2 aromatic rings. The molecule has 0 saturated carbocycles. The van der Waals surface area contributed by atoms with Crippen LogP contribution < -0.4 is 4.72 Å². The smallest absolute Gasteiger partial charge is 0.262 e. The Balaban J connectivity index is 1.84. The maximum atomic E-state index is 13.1. The lowest BCUT2D eigenvalue weighted by molar-refractivity contribution is 0.0303. The second-order valence-corrected chi connectivity index (χ2v) is 10.4. The van der Waals surface area contributed by atoms with E-state index in [2.05, 4.69) is 25.5 Å². The zero-order valence-corrected chi connectivity index (χ0v) is 19.1. The number of carbonyl (C=O) groups excluding carboxylic acids is 1. The molecule has 0 aromatic heterocycles. The van der Waals surface area contributed by atoms with E-state index >= 15 is 0 Å². The largest absolute Gasteiger partial charge is 0.378 e. The monoisotopic (exact) mass is 430 g/mol. The van der Waals surface area contributed by atoms with Crippen LogP contribution in [0.2, 0.25) is 0 Å². The molecule has 1 aliphatic rings. The highest BCUT2D eigenvalue weighted by atomic mass is 32.2. The van der Waals surface area contributed by atoms with Crippen LogP contribution in [-0.4, -0.2) is 45.5 Å². The summed E-state index contributed by atoms with van der Waals surface area (Å²) in [6, 6.07) is 10.3. The molecular weight excluding hydrogens is 400 g/mol. The van der Waals surface area contributed by atoms with Gasteiger partial charge in [0.15, 0.2) is 0 Å². The van der Waals surface area contributed by atoms with Crippen LogP contribution in [0.4, 0.5) is 5.69 Å². The molecule has 0 radical (unpaired) electrons. The third kappa shape index (κ3) is 4.84. The molecule has 1 amide bonds. The Morgan fingerprint density at radius 2 is 1.63 bits per heavy atom. The minimum Gasteiger partial charge on any atom is -0.378 e. The fraction of sp³-hybridized carbons (Fsp3) is 0.435. The Morgan fingerprint density at radius 1 is 1.03 bits per heavy atom. The topological polar surface area (TPSA) is 75.7 Å². The quantitative estimate of drug-likeness (QED) is 0.799. The van der Waals surface area contributed by atoms with Crippen LogP contribution in [0.15, 0.2) is 41.3 Å². The number of amides is 1. The standard InChI is InChI=1S/C23H30N2O4S/c1-16-14-19(23(3,4)5)15-21(17(16)2)30(27,28)24-20-8-6-18(7-9-20)22(26)25-10-12-29-13-11-25/h6-9,14-15,24H,10-13H2,1-5H3. The van der Waals surface area contributed by atoms with Crippen LogP contribution in [0.5, 0.6) is 0 Å². The number of rotatable bonds is 4. The number of aryl methyl sites for hydroxylation is 1. The summed E-state index contributed by atoms with van der Waals surface area (Å²) in [5.41, 5.74) is 3.43. The first kappa shape index (κ1) is 22.3. The molecular formula is C23H30N2O4S. The number of hydrogen-bond donors (Lipinski definition) is 1. The summed E-state index contributed by atoms with van der Waals surface area (Å²) < 4.78 is 34.2. The number of nitrogens with zero attached hydrogens (tertiary/aromatic N) is 1. The minimum atomic E-state index is -3.76. The molecule has 0 spiro atoms. The summed E-state index contributed by atoms with van der Waals surface area (Å²) in [7, 11) is -3.76. The number of morpholine rings is 1. The molecule has 30 heavy (non-hydrogen) atoms. The van der Waals surface area contributed by atoms with Crippen LogP contribution in [0.3, 0.4) is 0 Å². The summed E-state index contributed by atoms with van der Waals surface area (Å²) in [6.07, 6.45) is 0. The molecule has 0 bridgehead atoms. The van der Waals surface area contributed by atoms with Crippen LogP contribution in [-0.2, 0) is 20.2 Å². The van der Waals surface area contributed by atoms with Gasteiger partial charge in [-0.15, -0.1) is 0 Å². The first-order valence-electron chi connectivity index (χ1n) is 10.1. The van der Waals surface area contributed by atoms with Crippen molar-refractivity contribution in [1.29, 1.82) is 0 Å². The average Bonchev–Trinajstić information content (AvgIpc) is 2.69. The van der Waals surface area contributed by atoms with Crippen molar-refractivity contribution in [2.24, 2.45) is 0 Å². The summed E-state index contributed by atoms with van der Waals surface area (Å²) in [5.74, 6) is -0.0722. The van der Waals surface area contributed by atoms with Crippen LogP contribution in [0.25, 0.3) is 0 Å². The molecule has 0 unspecified atom stereocenters. The van der Waals surface area contributed by atoms with E-state index in [-0.39, 0.29) is 16.2 Å².